The third-order valence-electron chi connectivity index (χ3n) is 6.50. The third-order valence-corrected chi connectivity index (χ3v) is 6.50. The lowest BCUT2D eigenvalue weighted by Gasteiger charge is -2.28. The molecule has 1 fully saturated rings. The highest BCUT2D eigenvalue weighted by molar-refractivity contribution is 6.04. The monoisotopic (exact) mass is 494 g/mol. The van der Waals surface area contributed by atoms with Gasteiger partial charge in [-0.05, 0) is 67.3 Å². The predicted octanol–water partition coefficient (Wildman–Crippen LogP) is 4.48. The van der Waals surface area contributed by atoms with E-state index in [4.69, 9.17) is 5.84 Å². The van der Waals surface area contributed by atoms with Gasteiger partial charge in [0.05, 0.1) is 5.69 Å². The Morgan fingerprint density at radius 1 is 0.919 bits per heavy atom. The molecule has 8 nitrogen and oxygen atoms in total. The first-order valence-electron chi connectivity index (χ1n) is 12.5. The maximum Gasteiger partial charge on any atom is 0.292 e. The van der Waals surface area contributed by atoms with Crippen LogP contribution in [0.4, 0.5) is 17.2 Å². The molecule has 37 heavy (non-hydrogen) atoms. The fraction of sp³-hybridized carbons (Fsp3) is 0.207. The van der Waals surface area contributed by atoms with Crippen molar-refractivity contribution >= 4 is 23.1 Å². The van der Waals surface area contributed by atoms with Crippen LogP contribution in [-0.4, -0.2) is 28.7 Å². The van der Waals surface area contributed by atoms with Gasteiger partial charge in [-0.15, -0.1) is 0 Å². The topological polar surface area (TPSA) is 105 Å². The van der Waals surface area contributed by atoms with E-state index in [1.807, 2.05) is 60.7 Å². The molecule has 5 rings (SSSR count). The molecule has 2 aromatic carbocycles. The smallest absolute Gasteiger partial charge is 0.292 e. The Morgan fingerprint density at radius 2 is 1.68 bits per heavy atom. The summed E-state index contributed by atoms with van der Waals surface area (Å²) in [5.41, 5.74) is 3.54. The summed E-state index contributed by atoms with van der Waals surface area (Å²) in [6.45, 7) is 2.70. The standard InChI is InChI=1S/C29H30N6O2/c30-35-20-23(25-10-7-11-27(32-25)31-19-21-8-3-1-4-9-21)18-26(29(35)37)33-28(36)22-12-14-24(15-13-22)34-16-5-2-6-17-34/h1,3-4,7-15,18,20H,2,5-6,16-17,19,30H2,(H,31,32)(H,33,36). The van der Waals surface area contributed by atoms with Gasteiger partial charge >= 0.3 is 0 Å². The minimum atomic E-state index is -0.500. The van der Waals surface area contributed by atoms with Crippen molar-refractivity contribution in [3.8, 4) is 11.3 Å². The molecule has 0 saturated carbocycles. The molecule has 2 aromatic heterocycles. The Bertz CT molecular complexity index is 1430. The number of piperidine rings is 1. The number of hydrogen-bond donors (Lipinski definition) is 3. The second-order valence-electron chi connectivity index (χ2n) is 9.15. The number of aromatic nitrogens is 2. The van der Waals surface area contributed by atoms with Crippen LogP contribution in [0.5, 0.6) is 0 Å². The first-order chi connectivity index (χ1) is 18.1. The lowest BCUT2D eigenvalue weighted by Crippen LogP contribution is -2.30. The van der Waals surface area contributed by atoms with Crippen LogP contribution in [0, 0.1) is 0 Å². The molecule has 0 spiro atoms. The molecule has 188 valence electrons. The van der Waals surface area contributed by atoms with E-state index in [1.54, 1.807) is 18.2 Å². The molecule has 0 unspecified atom stereocenters. The summed E-state index contributed by atoms with van der Waals surface area (Å²) < 4.78 is 0.968. The summed E-state index contributed by atoms with van der Waals surface area (Å²) in [4.78, 5) is 32.6. The van der Waals surface area contributed by atoms with E-state index in [9.17, 15) is 9.59 Å². The zero-order valence-corrected chi connectivity index (χ0v) is 20.6. The lowest BCUT2D eigenvalue weighted by molar-refractivity contribution is 0.102. The van der Waals surface area contributed by atoms with Crippen LogP contribution >= 0.6 is 0 Å². The zero-order chi connectivity index (χ0) is 25.6. The minimum absolute atomic E-state index is 0.0922. The summed E-state index contributed by atoms with van der Waals surface area (Å²) in [6, 6.07) is 24.7. The van der Waals surface area contributed by atoms with Crippen molar-refractivity contribution < 1.29 is 4.79 Å². The van der Waals surface area contributed by atoms with Crippen molar-refractivity contribution in [2.75, 3.05) is 34.5 Å². The van der Waals surface area contributed by atoms with E-state index < -0.39 is 5.56 Å². The Morgan fingerprint density at radius 3 is 2.43 bits per heavy atom. The van der Waals surface area contributed by atoms with Gasteiger partial charge in [0.15, 0.2) is 0 Å². The van der Waals surface area contributed by atoms with Crippen LogP contribution in [0.15, 0.2) is 89.9 Å². The van der Waals surface area contributed by atoms with Crippen LogP contribution in [0.2, 0.25) is 0 Å². The van der Waals surface area contributed by atoms with Crippen LogP contribution in [0.25, 0.3) is 11.3 Å². The Balaban J connectivity index is 1.32. The van der Waals surface area contributed by atoms with Gasteiger partial charge in [0, 0.05) is 42.6 Å². The van der Waals surface area contributed by atoms with E-state index >= 15 is 0 Å². The average Bonchev–Trinajstić information content (AvgIpc) is 2.95. The van der Waals surface area contributed by atoms with Gasteiger partial charge in [-0.25, -0.2) is 9.66 Å². The fourth-order valence-electron chi connectivity index (χ4n) is 4.48. The number of nitrogens with two attached hydrogens (primary N) is 1. The fourth-order valence-corrected chi connectivity index (χ4v) is 4.48. The molecule has 1 aliphatic heterocycles. The number of pyridine rings is 2. The normalized spacial score (nSPS) is 13.2. The van der Waals surface area contributed by atoms with Crippen LogP contribution in [-0.2, 0) is 6.54 Å². The number of amides is 1. The lowest BCUT2D eigenvalue weighted by atomic mass is 10.1. The van der Waals surface area contributed by atoms with Crippen molar-refractivity contribution in [2.45, 2.75) is 25.8 Å². The number of carbonyl (C=O) groups excluding carboxylic acids is 1. The summed E-state index contributed by atoms with van der Waals surface area (Å²) in [5, 5.41) is 6.04. The van der Waals surface area contributed by atoms with Gasteiger partial charge in [-0.2, -0.15) is 0 Å². The molecule has 0 bridgehead atoms. The quantitative estimate of drug-likeness (QED) is 0.327. The van der Waals surface area contributed by atoms with Gasteiger partial charge in [-0.1, -0.05) is 36.4 Å². The first kappa shape index (κ1) is 24.1. The molecule has 4 N–H and O–H groups in total. The number of rotatable bonds is 7. The van der Waals surface area contributed by atoms with E-state index in [0.717, 1.165) is 29.0 Å². The number of nitrogen functional groups attached to an aromatic ring is 1. The summed E-state index contributed by atoms with van der Waals surface area (Å²) in [5.74, 6) is 6.27. The number of benzene rings is 2. The molecular formula is C29H30N6O2. The number of anilines is 3. The van der Waals surface area contributed by atoms with Crippen LogP contribution < -0.4 is 26.9 Å². The van der Waals surface area contributed by atoms with E-state index in [2.05, 4.69) is 20.5 Å². The van der Waals surface area contributed by atoms with Crippen molar-refractivity contribution in [1.29, 1.82) is 0 Å². The highest BCUT2D eigenvalue weighted by atomic mass is 16.2. The summed E-state index contributed by atoms with van der Waals surface area (Å²) >= 11 is 0. The molecule has 0 atom stereocenters. The number of hydrogen-bond acceptors (Lipinski definition) is 6. The highest BCUT2D eigenvalue weighted by Crippen LogP contribution is 2.22. The summed E-state index contributed by atoms with van der Waals surface area (Å²) in [6.07, 6.45) is 5.14. The Hall–Kier alpha value is -4.59. The number of nitrogens with zero attached hydrogens (tertiary/aromatic N) is 3. The molecule has 1 aliphatic rings. The second kappa shape index (κ2) is 11.0. The van der Waals surface area contributed by atoms with Gasteiger partial charge in [0.2, 0.25) is 0 Å². The molecule has 0 aliphatic carbocycles. The Kier molecular flexibility index (Phi) is 7.16. The van der Waals surface area contributed by atoms with Gasteiger partial charge in [0.25, 0.3) is 11.5 Å². The van der Waals surface area contributed by atoms with Gasteiger partial charge in [0.1, 0.15) is 11.5 Å². The van der Waals surface area contributed by atoms with Crippen molar-refractivity contribution in [1.82, 2.24) is 9.66 Å². The molecule has 8 heteroatoms. The van der Waals surface area contributed by atoms with E-state index in [1.165, 1.54) is 25.5 Å². The predicted molar refractivity (Wildman–Crippen MR) is 148 cm³/mol. The SMILES string of the molecule is Nn1cc(-c2cccc(NCc3ccccc3)n2)cc(NC(=O)c2ccc(N3CCCCC3)cc2)c1=O. The largest absolute Gasteiger partial charge is 0.372 e. The molecule has 1 saturated heterocycles. The van der Waals surface area contributed by atoms with E-state index in [0.29, 0.717) is 29.2 Å². The molecule has 3 heterocycles. The minimum Gasteiger partial charge on any atom is -0.372 e. The second-order valence-corrected chi connectivity index (χ2v) is 9.15. The molecule has 0 radical (unpaired) electrons. The van der Waals surface area contributed by atoms with Crippen LogP contribution in [0.3, 0.4) is 0 Å². The Labute approximate surface area is 215 Å². The highest BCUT2D eigenvalue weighted by Gasteiger charge is 2.15. The first-order valence-corrected chi connectivity index (χ1v) is 12.5. The molecule has 4 aromatic rings. The number of nitrogens with one attached hydrogen (secondary N) is 2. The molecular weight excluding hydrogens is 464 g/mol. The van der Waals surface area contributed by atoms with Crippen molar-refractivity contribution in [3.05, 3.63) is 107 Å². The van der Waals surface area contributed by atoms with Gasteiger partial charge < -0.3 is 21.4 Å². The van der Waals surface area contributed by atoms with Crippen molar-refractivity contribution in [2.24, 2.45) is 0 Å². The summed E-state index contributed by atoms with van der Waals surface area (Å²) in [7, 11) is 0. The zero-order valence-electron chi connectivity index (χ0n) is 20.6. The average molecular weight is 495 g/mol. The van der Waals surface area contributed by atoms with Gasteiger partial charge in [-0.3, -0.25) is 9.59 Å². The maximum atomic E-state index is 12.9. The van der Waals surface area contributed by atoms with Crippen LogP contribution in [0.1, 0.15) is 35.2 Å². The maximum absolute atomic E-state index is 12.9. The number of carbonyl (C=O) groups is 1. The van der Waals surface area contributed by atoms with Crippen molar-refractivity contribution in [3.63, 3.8) is 0 Å². The van der Waals surface area contributed by atoms with E-state index in [-0.39, 0.29) is 11.6 Å². The molecule has 1 amide bonds. The third kappa shape index (κ3) is 5.81.